The summed E-state index contributed by atoms with van der Waals surface area (Å²) in [5.74, 6) is 0.520. The monoisotopic (exact) mass is 248 g/mol. The molecule has 0 bridgehead atoms. The van der Waals surface area contributed by atoms with Crippen molar-refractivity contribution in [2.75, 3.05) is 7.11 Å². The van der Waals surface area contributed by atoms with E-state index in [1.165, 1.54) is 7.11 Å². The van der Waals surface area contributed by atoms with Crippen LogP contribution in [0.1, 0.15) is 19.4 Å². The Morgan fingerprint density at radius 2 is 1.80 bits per heavy atom. The number of para-hydroxylation sites is 1. The van der Waals surface area contributed by atoms with Gasteiger partial charge in [-0.1, -0.05) is 18.2 Å². The minimum atomic E-state index is -3.70. The summed E-state index contributed by atoms with van der Waals surface area (Å²) >= 11 is 0. The van der Waals surface area contributed by atoms with Crippen LogP contribution < -0.4 is 4.74 Å². The molecule has 0 aliphatic carbocycles. The maximum atomic E-state index is 11.4. The van der Waals surface area contributed by atoms with Gasteiger partial charge in [0.25, 0.3) is 0 Å². The number of hydrogen-bond acceptors (Lipinski definition) is 3. The first-order valence-corrected chi connectivity index (χ1v) is 6.69. The molecule has 0 saturated carbocycles. The topological polar surface area (TPSA) is 43.4 Å². The van der Waals surface area contributed by atoms with E-state index >= 15 is 0 Å². The maximum Gasteiger partial charge on any atom is 0.242 e. The summed E-state index contributed by atoms with van der Waals surface area (Å²) in [6.07, 6.45) is 0. The van der Waals surface area contributed by atoms with Crippen LogP contribution in [0.2, 0.25) is 0 Å². The molecule has 15 heavy (non-hydrogen) atoms. The van der Waals surface area contributed by atoms with E-state index in [0.717, 1.165) is 0 Å². The van der Waals surface area contributed by atoms with Crippen LogP contribution in [0.5, 0.6) is 5.75 Å². The summed E-state index contributed by atoms with van der Waals surface area (Å²) in [6.45, 7) is 3.10. The van der Waals surface area contributed by atoms with Gasteiger partial charge < -0.3 is 4.74 Å². The summed E-state index contributed by atoms with van der Waals surface area (Å²) in [4.78, 5) is 0. The molecule has 0 unspecified atom stereocenters. The quantitative estimate of drug-likeness (QED) is 0.772. The zero-order chi connectivity index (χ0) is 11.7. The molecule has 0 aliphatic rings. The minimum Gasteiger partial charge on any atom is -0.496 e. The van der Waals surface area contributed by atoms with Crippen LogP contribution in [0.25, 0.3) is 0 Å². The van der Waals surface area contributed by atoms with Gasteiger partial charge in [-0.25, -0.2) is 8.42 Å². The molecule has 0 amide bonds. The summed E-state index contributed by atoms with van der Waals surface area (Å²) < 4.78 is 26.8. The zero-order valence-electron chi connectivity index (χ0n) is 8.82. The molecule has 1 rings (SSSR count). The Morgan fingerprint density at radius 1 is 1.27 bits per heavy atom. The number of rotatable bonds is 3. The van der Waals surface area contributed by atoms with Gasteiger partial charge in [-0.15, -0.1) is 0 Å². The molecule has 1 aromatic carbocycles. The predicted molar refractivity (Wildman–Crippen MR) is 60.8 cm³/mol. The highest BCUT2D eigenvalue weighted by Crippen LogP contribution is 2.37. The third kappa shape index (κ3) is 2.26. The second-order valence-electron chi connectivity index (χ2n) is 3.65. The SMILES string of the molecule is COc1ccccc1C(C)(C)S(=O)(=O)Cl. The highest BCUT2D eigenvalue weighted by Gasteiger charge is 2.36. The molecule has 0 fully saturated rings. The number of halogens is 1. The standard InChI is InChI=1S/C10H13ClO3S/c1-10(2,15(11,12)13)8-6-4-5-7-9(8)14-3/h4-7H,1-3H3. The number of benzene rings is 1. The lowest BCUT2D eigenvalue weighted by Crippen LogP contribution is -2.25. The Labute approximate surface area is 94.4 Å². The molecule has 1 aromatic rings. The Balaban J connectivity index is 3.39. The lowest BCUT2D eigenvalue weighted by atomic mass is 10.0. The van der Waals surface area contributed by atoms with Gasteiger partial charge in [-0.3, -0.25) is 0 Å². The van der Waals surface area contributed by atoms with Crippen LogP contribution in [-0.2, 0) is 13.8 Å². The van der Waals surface area contributed by atoms with E-state index in [0.29, 0.717) is 11.3 Å². The highest BCUT2D eigenvalue weighted by atomic mass is 35.7. The molecule has 0 N–H and O–H groups in total. The van der Waals surface area contributed by atoms with Crippen LogP contribution >= 0.6 is 10.7 Å². The van der Waals surface area contributed by atoms with E-state index in [4.69, 9.17) is 15.4 Å². The van der Waals surface area contributed by atoms with E-state index in [2.05, 4.69) is 0 Å². The summed E-state index contributed by atoms with van der Waals surface area (Å²) in [5.41, 5.74) is 0.558. The normalized spacial score (nSPS) is 12.5. The van der Waals surface area contributed by atoms with Crippen LogP contribution in [0.15, 0.2) is 24.3 Å². The predicted octanol–water partition coefficient (Wildman–Crippen LogP) is 2.50. The second kappa shape index (κ2) is 4.02. The van der Waals surface area contributed by atoms with Gasteiger partial charge in [0.2, 0.25) is 9.05 Å². The van der Waals surface area contributed by atoms with E-state index in [1.54, 1.807) is 38.1 Å². The molecule has 0 saturated heterocycles. The highest BCUT2D eigenvalue weighted by molar-refractivity contribution is 8.14. The Hall–Kier alpha value is -0.740. The van der Waals surface area contributed by atoms with Gasteiger partial charge in [0.15, 0.2) is 0 Å². The molecule has 0 radical (unpaired) electrons. The fraction of sp³-hybridized carbons (Fsp3) is 0.400. The third-order valence-electron chi connectivity index (χ3n) is 2.37. The van der Waals surface area contributed by atoms with Gasteiger partial charge in [-0.2, -0.15) is 0 Å². The van der Waals surface area contributed by atoms with E-state index in [9.17, 15) is 8.42 Å². The fourth-order valence-electron chi connectivity index (χ4n) is 1.27. The van der Waals surface area contributed by atoms with Gasteiger partial charge in [0.05, 0.1) is 7.11 Å². The minimum absolute atomic E-state index is 0.520. The van der Waals surface area contributed by atoms with Crippen LogP contribution in [0, 0.1) is 0 Å². The van der Waals surface area contributed by atoms with Gasteiger partial charge >= 0.3 is 0 Å². The van der Waals surface area contributed by atoms with Crippen molar-refractivity contribution in [3.8, 4) is 5.75 Å². The van der Waals surface area contributed by atoms with Crippen molar-refractivity contribution in [1.29, 1.82) is 0 Å². The van der Waals surface area contributed by atoms with Gasteiger partial charge in [0, 0.05) is 16.2 Å². The first-order chi connectivity index (χ1) is 6.80. The van der Waals surface area contributed by atoms with Crippen molar-refractivity contribution >= 4 is 19.7 Å². The van der Waals surface area contributed by atoms with Crippen molar-refractivity contribution < 1.29 is 13.2 Å². The largest absolute Gasteiger partial charge is 0.496 e. The van der Waals surface area contributed by atoms with Crippen molar-refractivity contribution in [2.45, 2.75) is 18.6 Å². The molecule has 0 aliphatic heterocycles. The van der Waals surface area contributed by atoms with Gasteiger partial charge in [-0.05, 0) is 19.9 Å². The lowest BCUT2D eigenvalue weighted by molar-refractivity contribution is 0.404. The third-order valence-corrected chi connectivity index (χ3v) is 4.96. The maximum absolute atomic E-state index is 11.4. The fourth-order valence-corrected chi connectivity index (χ4v) is 1.95. The van der Waals surface area contributed by atoms with Crippen LogP contribution in [-0.4, -0.2) is 15.5 Å². The molecule has 0 heterocycles. The Kier molecular flexibility index (Phi) is 3.31. The van der Waals surface area contributed by atoms with Crippen LogP contribution in [0.4, 0.5) is 0 Å². The summed E-state index contributed by atoms with van der Waals surface area (Å²) in [6, 6.07) is 6.93. The average molecular weight is 249 g/mol. The van der Waals surface area contributed by atoms with Crippen molar-refractivity contribution in [3.05, 3.63) is 29.8 Å². The zero-order valence-corrected chi connectivity index (χ0v) is 10.4. The molecular formula is C10H13ClO3S. The number of hydrogen-bond donors (Lipinski definition) is 0. The van der Waals surface area contributed by atoms with Crippen LogP contribution in [0.3, 0.4) is 0 Å². The number of methoxy groups -OCH3 is 1. The smallest absolute Gasteiger partial charge is 0.242 e. The van der Waals surface area contributed by atoms with E-state index in [1.807, 2.05) is 0 Å². The van der Waals surface area contributed by atoms with Gasteiger partial charge in [0.1, 0.15) is 10.5 Å². The molecule has 0 aromatic heterocycles. The lowest BCUT2D eigenvalue weighted by Gasteiger charge is -2.23. The average Bonchev–Trinajstić information content (AvgIpc) is 2.16. The number of ether oxygens (including phenoxy) is 1. The summed E-state index contributed by atoms with van der Waals surface area (Å²) in [7, 11) is 3.20. The van der Waals surface area contributed by atoms with Crippen molar-refractivity contribution in [3.63, 3.8) is 0 Å². The molecule has 84 valence electrons. The molecular weight excluding hydrogens is 236 g/mol. The molecule has 0 atom stereocenters. The van der Waals surface area contributed by atoms with E-state index in [-0.39, 0.29) is 0 Å². The van der Waals surface area contributed by atoms with Crippen molar-refractivity contribution in [2.24, 2.45) is 0 Å². The first-order valence-electron chi connectivity index (χ1n) is 4.38. The Morgan fingerprint density at radius 3 is 2.27 bits per heavy atom. The molecule has 5 heteroatoms. The Bertz CT molecular complexity index is 451. The second-order valence-corrected chi connectivity index (χ2v) is 6.76. The molecule has 0 spiro atoms. The molecule has 3 nitrogen and oxygen atoms in total. The van der Waals surface area contributed by atoms with Crippen molar-refractivity contribution in [1.82, 2.24) is 0 Å². The summed E-state index contributed by atoms with van der Waals surface area (Å²) in [5, 5.41) is 0. The first kappa shape index (κ1) is 12.3. The van der Waals surface area contributed by atoms with E-state index < -0.39 is 13.8 Å².